The van der Waals surface area contributed by atoms with Crippen LogP contribution in [0.4, 0.5) is 4.39 Å². The number of ketones is 1. The first kappa shape index (κ1) is 16.4. The van der Waals surface area contributed by atoms with Crippen LogP contribution in [-0.4, -0.2) is 18.2 Å². The number of hydrogen-bond donors (Lipinski definition) is 1. The molecule has 21 heavy (non-hydrogen) atoms. The highest BCUT2D eigenvalue weighted by Crippen LogP contribution is 2.21. The molecule has 0 radical (unpaired) electrons. The first-order chi connectivity index (χ1) is 9.99. The number of nitriles is 1. The highest BCUT2D eigenvalue weighted by atomic mass is 19.1. The van der Waals surface area contributed by atoms with Crippen molar-refractivity contribution in [3.8, 4) is 18.4 Å². The van der Waals surface area contributed by atoms with Crippen LogP contribution in [0.2, 0.25) is 0 Å². The number of Topliss-reactive ketones (excluding diaryl/α,β-unsaturated/α-hetero) is 1. The quantitative estimate of drug-likeness (QED) is 0.640. The van der Waals surface area contributed by atoms with E-state index in [4.69, 9.17) is 11.7 Å². The van der Waals surface area contributed by atoms with Crippen LogP contribution in [-0.2, 0) is 9.59 Å². The van der Waals surface area contributed by atoms with Crippen molar-refractivity contribution in [1.29, 1.82) is 5.26 Å². The van der Waals surface area contributed by atoms with E-state index >= 15 is 0 Å². The lowest BCUT2D eigenvalue weighted by molar-refractivity contribution is -0.131. The molecule has 1 aromatic rings. The van der Waals surface area contributed by atoms with Gasteiger partial charge in [0.15, 0.2) is 11.7 Å². The van der Waals surface area contributed by atoms with Crippen LogP contribution < -0.4 is 5.32 Å². The smallest absolute Gasteiger partial charge is 0.245 e. The van der Waals surface area contributed by atoms with E-state index in [2.05, 4.69) is 11.2 Å². The number of rotatable bonds is 6. The molecule has 0 aliphatic heterocycles. The lowest BCUT2D eigenvalue weighted by atomic mass is 9.91. The summed E-state index contributed by atoms with van der Waals surface area (Å²) in [6, 6.07) is 7.45. The Bertz CT molecular complexity index is 596. The molecule has 2 atom stereocenters. The highest BCUT2D eigenvalue weighted by Gasteiger charge is 2.27. The van der Waals surface area contributed by atoms with Crippen molar-refractivity contribution in [3.63, 3.8) is 0 Å². The number of carbonyl (C=O) groups excluding carboxylic acids is 2. The van der Waals surface area contributed by atoms with Gasteiger partial charge in [-0.25, -0.2) is 4.39 Å². The summed E-state index contributed by atoms with van der Waals surface area (Å²) < 4.78 is 12.8. The van der Waals surface area contributed by atoms with Gasteiger partial charge in [0.25, 0.3) is 0 Å². The number of terminal acetylenes is 1. The van der Waals surface area contributed by atoms with Gasteiger partial charge in [-0.2, -0.15) is 5.26 Å². The van der Waals surface area contributed by atoms with Gasteiger partial charge in [-0.05, 0) is 23.6 Å². The van der Waals surface area contributed by atoms with Crippen molar-refractivity contribution < 1.29 is 14.0 Å². The first-order valence-electron chi connectivity index (χ1n) is 6.38. The summed E-state index contributed by atoms with van der Waals surface area (Å²) >= 11 is 0. The fraction of sp³-hybridized carbons (Fsp3) is 0.312. The third kappa shape index (κ3) is 4.74. The van der Waals surface area contributed by atoms with E-state index in [0.29, 0.717) is 0 Å². The van der Waals surface area contributed by atoms with Crippen LogP contribution in [0.5, 0.6) is 0 Å². The molecule has 0 aliphatic rings. The number of nitrogens with zero attached hydrogens (tertiary/aromatic N) is 1. The van der Waals surface area contributed by atoms with E-state index in [1.54, 1.807) is 25.1 Å². The van der Waals surface area contributed by atoms with Crippen LogP contribution in [0.1, 0.15) is 24.8 Å². The minimum absolute atomic E-state index is 0.0212. The molecule has 1 rings (SSSR count). The zero-order valence-corrected chi connectivity index (χ0v) is 11.6. The van der Waals surface area contributed by atoms with Crippen LogP contribution >= 0.6 is 0 Å². The zero-order chi connectivity index (χ0) is 15.8. The van der Waals surface area contributed by atoms with E-state index in [0.717, 1.165) is 5.56 Å². The number of hydrogen-bond acceptors (Lipinski definition) is 3. The van der Waals surface area contributed by atoms with Gasteiger partial charge < -0.3 is 5.32 Å². The maximum Gasteiger partial charge on any atom is 0.245 e. The third-order valence-corrected chi connectivity index (χ3v) is 3.02. The number of halogens is 1. The van der Waals surface area contributed by atoms with E-state index in [1.807, 2.05) is 0 Å². The molecule has 1 aromatic carbocycles. The normalized spacial score (nSPS) is 12.6. The summed E-state index contributed by atoms with van der Waals surface area (Å²) in [7, 11) is 0. The summed E-state index contributed by atoms with van der Waals surface area (Å²) in [5.41, 5.74) is 0.769. The van der Waals surface area contributed by atoms with Crippen molar-refractivity contribution in [2.75, 3.05) is 6.54 Å². The maximum atomic E-state index is 12.8. The molecule has 0 aliphatic carbocycles. The van der Waals surface area contributed by atoms with Crippen molar-refractivity contribution in [3.05, 3.63) is 35.6 Å². The van der Waals surface area contributed by atoms with Crippen molar-refractivity contribution >= 4 is 11.7 Å². The Hall–Kier alpha value is -2.66. The molecular weight excluding hydrogens is 271 g/mol. The Morgan fingerprint density at radius 3 is 2.52 bits per heavy atom. The summed E-state index contributed by atoms with van der Waals surface area (Å²) in [5, 5.41) is 11.3. The molecule has 0 heterocycles. The Morgan fingerprint density at radius 1 is 1.38 bits per heavy atom. The molecule has 1 N–H and O–H groups in total. The second kappa shape index (κ2) is 7.81. The van der Waals surface area contributed by atoms with E-state index in [-0.39, 0.29) is 24.7 Å². The molecule has 5 heteroatoms. The molecule has 0 fully saturated rings. The molecule has 0 aromatic heterocycles. The molecule has 0 bridgehead atoms. The first-order valence-corrected chi connectivity index (χ1v) is 6.38. The number of amides is 1. The van der Waals surface area contributed by atoms with Crippen LogP contribution in [0, 0.1) is 35.4 Å². The standard InChI is InChI=1S/C16H15FN2O2/c1-3-8-19-16(21)14(10-18)15(20)9-11(2)12-4-6-13(17)7-5-12/h1,4-7,11,14H,8-9H2,2H3,(H,19,21). The predicted octanol–water partition coefficient (Wildman–Crippen LogP) is 1.78. The average molecular weight is 286 g/mol. The zero-order valence-electron chi connectivity index (χ0n) is 11.6. The van der Waals surface area contributed by atoms with Gasteiger partial charge in [0.05, 0.1) is 12.6 Å². The summed E-state index contributed by atoms with van der Waals surface area (Å²) in [6.07, 6.45) is 5.02. The number of benzene rings is 1. The van der Waals surface area contributed by atoms with Gasteiger partial charge in [-0.1, -0.05) is 25.0 Å². The maximum absolute atomic E-state index is 12.8. The van der Waals surface area contributed by atoms with Crippen LogP contribution in [0.3, 0.4) is 0 Å². The number of carbonyl (C=O) groups is 2. The van der Waals surface area contributed by atoms with E-state index in [9.17, 15) is 14.0 Å². The van der Waals surface area contributed by atoms with Crippen molar-refractivity contribution in [1.82, 2.24) is 5.32 Å². The van der Waals surface area contributed by atoms with Gasteiger partial charge in [0.1, 0.15) is 5.82 Å². The topological polar surface area (TPSA) is 70.0 Å². The predicted molar refractivity (Wildman–Crippen MR) is 75.4 cm³/mol. The van der Waals surface area contributed by atoms with Gasteiger partial charge in [-0.3, -0.25) is 9.59 Å². The lowest BCUT2D eigenvalue weighted by Crippen LogP contribution is -2.35. The van der Waals surface area contributed by atoms with Gasteiger partial charge >= 0.3 is 0 Å². The molecule has 108 valence electrons. The Kier molecular flexibility index (Phi) is 6.10. The Morgan fingerprint density at radius 2 is 2.00 bits per heavy atom. The highest BCUT2D eigenvalue weighted by molar-refractivity contribution is 6.04. The third-order valence-electron chi connectivity index (χ3n) is 3.02. The SMILES string of the molecule is C#CCNC(=O)C(C#N)C(=O)CC(C)c1ccc(F)cc1. The van der Waals surface area contributed by atoms with E-state index in [1.165, 1.54) is 12.1 Å². The minimum atomic E-state index is -1.37. The minimum Gasteiger partial charge on any atom is -0.344 e. The largest absolute Gasteiger partial charge is 0.344 e. The summed E-state index contributed by atoms with van der Waals surface area (Å²) in [4.78, 5) is 23.7. The second-order valence-electron chi connectivity index (χ2n) is 4.61. The molecule has 0 saturated carbocycles. The van der Waals surface area contributed by atoms with Crippen LogP contribution in [0.25, 0.3) is 0 Å². The summed E-state index contributed by atoms with van der Waals surface area (Å²) in [5.74, 6) is -0.918. The van der Waals surface area contributed by atoms with Gasteiger partial charge in [0, 0.05) is 6.42 Å². The lowest BCUT2D eigenvalue weighted by Gasteiger charge is -2.13. The van der Waals surface area contributed by atoms with E-state index < -0.39 is 17.6 Å². The summed E-state index contributed by atoms with van der Waals surface area (Å²) in [6.45, 7) is 1.75. The average Bonchev–Trinajstić information content (AvgIpc) is 2.46. The monoisotopic (exact) mass is 286 g/mol. The Labute approximate surface area is 123 Å². The molecule has 0 spiro atoms. The van der Waals surface area contributed by atoms with Gasteiger partial charge in [0.2, 0.25) is 5.91 Å². The number of nitrogens with one attached hydrogen (secondary N) is 1. The fourth-order valence-electron chi connectivity index (χ4n) is 1.85. The molecular formula is C16H15FN2O2. The van der Waals surface area contributed by atoms with Gasteiger partial charge in [-0.15, -0.1) is 6.42 Å². The van der Waals surface area contributed by atoms with Crippen LogP contribution in [0.15, 0.2) is 24.3 Å². The molecule has 0 saturated heterocycles. The molecule has 1 amide bonds. The fourth-order valence-corrected chi connectivity index (χ4v) is 1.85. The second-order valence-corrected chi connectivity index (χ2v) is 4.61. The molecule has 4 nitrogen and oxygen atoms in total. The molecule has 2 unspecified atom stereocenters. The van der Waals surface area contributed by atoms with Crippen molar-refractivity contribution in [2.45, 2.75) is 19.3 Å². The Balaban J connectivity index is 2.70. The van der Waals surface area contributed by atoms with Crippen molar-refractivity contribution in [2.24, 2.45) is 5.92 Å².